The number of ether oxygens (including phenoxy) is 1. The molecule has 1 amide bonds. The van der Waals surface area contributed by atoms with E-state index in [0.717, 1.165) is 28.0 Å². The molecule has 4 heterocycles. The van der Waals surface area contributed by atoms with Gasteiger partial charge >= 0.3 is 0 Å². The number of nitrogens with zero attached hydrogens (tertiary/aromatic N) is 2. The van der Waals surface area contributed by atoms with Crippen molar-refractivity contribution in [2.45, 2.75) is 32.8 Å². The maximum atomic E-state index is 12.5. The fourth-order valence-corrected chi connectivity index (χ4v) is 4.01. The number of hydrogen-bond acceptors (Lipinski definition) is 6. The highest BCUT2D eigenvalue weighted by atomic mass is 32.1. The van der Waals surface area contributed by atoms with E-state index in [2.05, 4.69) is 26.7 Å². The molecule has 1 aliphatic heterocycles. The van der Waals surface area contributed by atoms with Gasteiger partial charge in [-0.2, -0.15) is 0 Å². The fourth-order valence-electron chi connectivity index (χ4n) is 3.00. The highest BCUT2D eigenvalue weighted by molar-refractivity contribution is 7.10. The quantitative estimate of drug-likeness (QED) is 0.787. The van der Waals surface area contributed by atoms with Gasteiger partial charge in [0.1, 0.15) is 24.0 Å². The van der Waals surface area contributed by atoms with Crippen molar-refractivity contribution in [2.75, 3.05) is 11.9 Å². The first kappa shape index (κ1) is 15.3. The average Bonchev–Trinajstić information content (AvgIpc) is 3.14. The number of thiophene rings is 1. The van der Waals surface area contributed by atoms with Gasteiger partial charge in [0.2, 0.25) is 11.6 Å². The highest BCUT2D eigenvalue weighted by Crippen LogP contribution is 2.34. The van der Waals surface area contributed by atoms with Gasteiger partial charge in [-0.05, 0) is 37.3 Å². The molecule has 0 saturated carbocycles. The molecule has 0 fully saturated rings. The molecule has 6 nitrogen and oxygen atoms in total. The molecule has 0 aromatic carbocycles. The second-order valence-electron chi connectivity index (χ2n) is 5.86. The van der Waals surface area contributed by atoms with Gasteiger partial charge in [-0.3, -0.25) is 4.79 Å². The monoisotopic (exact) mass is 343 g/mol. The largest absolute Gasteiger partial charge is 0.443 e. The first-order chi connectivity index (χ1) is 11.6. The van der Waals surface area contributed by atoms with Gasteiger partial charge in [0.05, 0.1) is 18.4 Å². The molecule has 0 aliphatic carbocycles. The summed E-state index contributed by atoms with van der Waals surface area (Å²) < 4.78 is 11.4. The van der Waals surface area contributed by atoms with E-state index in [1.807, 2.05) is 13.8 Å². The second-order valence-corrected chi connectivity index (χ2v) is 6.81. The van der Waals surface area contributed by atoms with E-state index in [-0.39, 0.29) is 18.4 Å². The van der Waals surface area contributed by atoms with Crippen molar-refractivity contribution in [3.63, 3.8) is 0 Å². The lowest BCUT2D eigenvalue weighted by atomic mass is 10.1. The Bertz CT molecular complexity index is 915. The van der Waals surface area contributed by atoms with Gasteiger partial charge in [0, 0.05) is 10.4 Å². The summed E-state index contributed by atoms with van der Waals surface area (Å²) in [7, 11) is 0. The third-order valence-corrected chi connectivity index (χ3v) is 5.41. The molecule has 24 heavy (non-hydrogen) atoms. The number of furan rings is 1. The molecule has 1 atom stereocenters. The molecule has 1 aliphatic rings. The molecule has 7 heteroatoms. The van der Waals surface area contributed by atoms with E-state index in [1.54, 1.807) is 11.3 Å². The van der Waals surface area contributed by atoms with E-state index in [0.29, 0.717) is 18.1 Å². The van der Waals surface area contributed by atoms with Crippen molar-refractivity contribution in [1.82, 2.24) is 9.97 Å². The van der Waals surface area contributed by atoms with Crippen molar-refractivity contribution in [1.29, 1.82) is 0 Å². The standard InChI is InChI=1S/C17H17N3O3S/c1-9-10(2)23-17-14(9)16(18-8-19-17)20-13(21)7-12-15-11(3-5-22-12)4-6-24-15/h4,6,8,12H,3,5,7H2,1-2H3,(H,18,19,20,21)/t12-/m0/s1. The van der Waals surface area contributed by atoms with Crippen molar-refractivity contribution in [3.05, 3.63) is 39.5 Å². The zero-order valence-corrected chi connectivity index (χ0v) is 14.3. The predicted molar refractivity (Wildman–Crippen MR) is 91.2 cm³/mol. The molecular formula is C17H17N3O3S. The van der Waals surface area contributed by atoms with Crippen LogP contribution in [0.4, 0.5) is 5.82 Å². The number of rotatable bonds is 3. The molecule has 3 aromatic heterocycles. The Kier molecular flexibility index (Phi) is 3.82. The minimum Gasteiger partial charge on any atom is -0.443 e. The van der Waals surface area contributed by atoms with Gasteiger partial charge in [0.25, 0.3) is 0 Å². The summed E-state index contributed by atoms with van der Waals surface area (Å²) in [5.41, 5.74) is 2.72. The molecular weight excluding hydrogens is 326 g/mol. The number of fused-ring (bicyclic) bond motifs is 2. The number of hydrogen-bond donors (Lipinski definition) is 1. The Morgan fingerprint density at radius 2 is 2.29 bits per heavy atom. The van der Waals surface area contributed by atoms with Crippen LogP contribution in [0.25, 0.3) is 11.1 Å². The topological polar surface area (TPSA) is 77.3 Å². The lowest BCUT2D eigenvalue weighted by Crippen LogP contribution is -2.21. The van der Waals surface area contributed by atoms with Gasteiger partial charge in [-0.15, -0.1) is 11.3 Å². The summed E-state index contributed by atoms with van der Waals surface area (Å²) in [6, 6.07) is 2.11. The molecule has 3 aromatic rings. The minimum atomic E-state index is -0.182. The highest BCUT2D eigenvalue weighted by Gasteiger charge is 2.25. The van der Waals surface area contributed by atoms with E-state index < -0.39 is 0 Å². The summed E-state index contributed by atoms with van der Waals surface area (Å²) in [4.78, 5) is 22.0. The summed E-state index contributed by atoms with van der Waals surface area (Å²) in [6.07, 6.45) is 2.40. The van der Waals surface area contributed by atoms with Gasteiger partial charge < -0.3 is 14.5 Å². The van der Waals surface area contributed by atoms with Crippen molar-refractivity contribution in [2.24, 2.45) is 0 Å². The summed E-state index contributed by atoms with van der Waals surface area (Å²) >= 11 is 1.64. The van der Waals surface area contributed by atoms with Crippen molar-refractivity contribution in [3.8, 4) is 0 Å². The number of carbonyl (C=O) groups excluding carboxylic acids is 1. The summed E-state index contributed by atoms with van der Waals surface area (Å²) in [5.74, 6) is 1.14. The van der Waals surface area contributed by atoms with Crippen LogP contribution in [0.3, 0.4) is 0 Å². The fraction of sp³-hybridized carbons (Fsp3) is 0.353. The van der Waals surface area contributed by atoms with Gasteiger partial charge in [-0.1, -0.05) is 0 Å². The molecule has 0 unspecified atom stereocenters. The first-order valence-electron chi connectivity index (χ1n) is 7.82. The Balaban J connectivity index is 1.56. The summed E-state index contributed by atoms with van der Waals surface area (Å²) in [5, 5.41) is 5.69. The third kappa shape index (κ3) is 2.59. The molecule has 0 radical (unpaired) electrons. The molecule has 0 saturated heterocycles. The van der Waals surface area contributed by atoms with Gasteiger partial charge in [0.15, 0.2) is 0 Å². The zero-order chi connectivity index (χ0) is 16.7. The molecule has 4 rings (SSSR count). The molecule has 1 N–H and O–H groups in total. The number of amides is 1. The maximum Gasteiger partial charge on any atom is 0.231 e. The van der Waals surface area contributed by atoms with Crippen LogP contribution in [0.1, 0.15) is 34.3 Å². The van der Waals surface area contributed by atoms with Crippen molar-refractivity contribution >= 4 is 34.2 Å². The average molecular weight is 343 g/mol. The van der Waals surface area contributed by atoms with Crippen LogP contribution in [0.5, 0.6) is 0 Å². The SMILES string of the molecule is Cc1oc2ncnc(NC(=O)C[C@@H]3OCCc4ccsc43)c2c1C. The Labute approximate surface area is 142 Å². The number of aromatic nitrogens is 2. The van der Waals surface area contributed by atoms with Gasteiger partial charge in [-0.25, -0.2) is 9.97 Å². The van der Waals surface area contributed by atoms with Crippen molar-refractivity contribution < 1.29 is 13.9 Å². The van der Waals surface area contributed by atoms with Crippen LogP contribution < -0.4 is 5.32 Å². The van der Waals surface area contributed by atoms with E-state index in [4.69, 9.17) is 9.15 Å². The Morgan fingerprint density at radius 1 is 1.42 bits per heavy atom. The number of nitrogens with one attached hydrogen (secondary N) is 1. The number of carbonyl (C=O) groups is 1. The normalized spacial score (nSPS) is 17.0. The lowest BCUT2D eigenvalue weighted by molar-refractivity contribution is -0.119. The van der Waals surface area contributed by atoms with Crippen LogP contribution in [0.2, 0.25) is 0 Å². The van der Waals surface area contributed by atoms with Crippen LogP contribution >= 0.6 is 11.3 Å². The number of aryl methyl sites for hydroxylation is 2. The van der Waals surface area contributed by atoms with Crippen LogP contribution in [0.15, 0.2) is 22.2 Å². The van der Waals surface area contributed by atoms with E-state index in [1.165, 1.54) is 11.9 Å². The third-order valence-electron chi connectivity index (χ3n) is 4.36. The first-order valence-corrected chi connectivity index (χ1v) is 8.70. The summed E-state index contributed by atoms with van der Waals surface area (Å²) in [6.45, 7) is 4.46. The van der Waals surface area contributed by atoms with Crippen LogP contribution in [-0.4, -0.2) is 22.5 Å². The number of anilines is 1. The molecule has 0 spiro atoms. The van der Waals surface area contributed by atoms with E-state index in [9.17, 15) is 4.79 Å². The minimum absolute atomic E-state index is 0.125. The molecule has 0 bridgehead atoms. The van der Waals surface area contributed by atoms with Crippen LogP contribution in [0, 0.1) is 13.8 Å². The Morgan fingerprint density at radius 3 is 3.17 bits per heavy atom. The molecule has 124 valence electrons. The maximum absolute atomic E-state index is 12.5. The smallest absolute Gasteiger partial charge is 0.231 e. The van der Waals surface area contributed by atoms with E-state index >= 15 is 0 Å². The zero-order valence-electron chi connectivity index (χ0n) is 13.5. The Hall–Kier alpha value is -2.25. The predicted octanol–water partition coefficient (Wildman–Crippen LogP) is 3.54. The lowest BCUT2D eigenvalue weighted by Gasteiger charge is -2.22. The van der Waals surface area contributed by atoms with Crippen LogP contribution in [-0.2, 0) is 16.0 Å². The second kappa shape index (κ2) is 5.99.